The summed E-state index contributed by atoms with van der Waals surface area (Å²) in [4.78, 5) is 7.22. The second-order valence-corrected chi connectivity index (χ2v) is 6.20. The number of aryl methyl sites for hydroxylation is 1. The van der Waals surface area contributed by atoms with Gasteiger partial charge in [0.25, 0.3) is 0 Å². The molecule has 0 bridgehead atoms. The van der Waals surface area contributed by atoms with E-state index in [2.05, 4.69) is 43.6 Å². The van der Waals surface area contributed by atoms with Crippen LogP contribution in [0.15, 0.2) is 18.3 Å². The van der Waals surface area contributed by atoms with Gasteiger partial charge in [-0.25, -0.2) is 0 Å². The van der Waals surface area contributed by atoms with E-state index in [4.69, 9.17) is 5.73 Å². The van der Waals surface area contributed by atoms with Crippen LogP contribution in [-0.4, -0.2) is 34.6 Å². The van der Waals surface area contributed by atoms with Crippen molar-refractivity contribution in [1.29, 1.82) is 0 Å². The standard InChI is InChI=1S/C18H31N3/c1-5-18(6-2,21(7-3)8-4)17(19)15-12-11-14-10-9-13-20-16(14)15/h9-10,13,15,17H,5-8,11-12,19H2,1-4H3. The molecule has 21 heavy (non-hydrogen) atoms. The Morgan fingerprint density at radius 3 is 2.52 bits per heavy atom. The largest absolute Gasteiger partial charge is 0.326 e. The highest BCUT2D eigenvalue weighted by atomic mass is 15.2. The number of likely N-dealkylation sites (N-methyl/N-ethyl adjacent to an activating group) is 1. The van der Waals surface area contributed by atoms with Gasteiger partial charge in [0.15, 0.2) is 0 Å². The Morgan fingerprint density at radius 2 is 1.95 bits per heavy atom. The molecular weight excluding hydrogens is 258 g/mol. The van der Waals surface area contributed by atoms with Gasteiger partial charge in [0.2, 0.25) is 0 Å². The van der Waals surface area contributed by atoms with Gasteiger partial charge in [0, 0.05) is 29.4 Å². The molecule has 2 unspecified atom stereocenters. The van der Waals surface area contributed by atoms with Crippen LogP contribution in [0.2, 0.25) is 0 Å². The molecule has 1 aromatic heterocycles. The van der Waals surface area contributed by atoms with Crippen molar-refractivity contribution in [3.8, 4) is 0 Å². The quantitative estimate of drug-likeness (QED) is 0.837. The summed E-state index contributed by atoms with van der Waals surface area (Å²) in [5.41, 5.74) is 9.61. The maximum absolute atomic E-state index is 6.86. The zero-order chi connectivity index (χ0) is 15.5. The van der Waals surface area contributed by atoms with E-state index >= 15 is 0 Å². The Kier molecular flexibility index (Phi) is 5.39. The van der Waals surface area contributed by atoms with Crippen LogP contribution < -0.4 is 5.73 Å². The van der Waals surface area contributed by atoms with Crippen LogP contribution in [0.4, 0.5) is 0 Å². The topological polar surface area (TPSA) is 42.1 Å². The van der Waals surface area contributed by atoms with Crippen molar-refractivity contribution in [2.75, 3.05) is 13.1 Å². The third-order valence-electron chi connectivity index (χ3n) is 5.67. The van der Waals surface area contributed by atoms with Crippen molar-refractivity contribution in [2.45, 2.75) is 70.9 Å². The highest BCUT2D eigenvalue weighted by Gasteiger charge is 2.44. The van der Waals surface area contributed by atoms with Crippen molar-refractivity contribution < 1.29 is 0 Å². The fourth-order valence-electron chi connectivity index (χ4n) is 4.40. The zero-order valence-electron chi connectivity index (χ0n) is 14.1. The summed E-state index contributed by atoms with van der Waals surface area (Å²) in [5.74, 6) is 0.404. The average molecular weight is 289 g/mol. The van der Waals surface area contributed by atoms with Crippen molar-refractivity contribution in [3.05, 3.63) is 29.6 Å². The summed E-state index contributed by atoms with van der Waals surface area (Å²) >= 11 is 0. The molecule has 0 radical (unpaired) electrons. The van der Waals surface area contributed by atoms with Crippen molar-refractivity contribution in [1.82, 2.24) is 9.88 Å². The van der Waals surface area contributed by atoms with E-state index in [-0.39, 0.29) is 11.6 Å². The molecule has 1 aromatic rings. The van der Waals surface area contributed by atoms with Gasteiger partial charge in [-0.15, -0.1) is 0 Å². The highest BCUT2D eigenvalue weighted by molar-refractivity contribution is 5.31. The third kappa shape index (κ3) is 2.74. The van der Waals surface area contributed by atoms with Crippen molar-refractivity contribution >= 4 is 0 Å². The number of rotatable bonds is 7. The van der Waals surface area contributed by atoms with Gasteiger partial charge in [-0.2, -0.15) is 0 Å². The van der Waals surface area contributed by atoms with Crippen LogP contribution in [0.5, 0.6) is 0 Å². The maximum atomic E-state index is 6.86. The summed E-state index contributed by atoms with van der Waals surface area (Å²) in [7, 11) is 0. The number of hydrogen-bond acceptors (Lipinski definition) is 3. The Hall–Kier alpha value is -0.930. The molecule has 0 saturated carbocycles. The van der Waals surface area contributed by atoms with E-state index in [1.54, 1.807) is 0 Å². The monoisotopic (exact) mass is 289 g/mol. The Morgan fingerprint density at radius 1 is 1.29 bits per heavy atom. The lowest BCUT2D eigenvalue weighted by atomic mass is 9.75. The fraction of sp³-hybridized carbons (Fsp3) is 0.722. The van der Waals surface area contributed by atoms with Crippen molar-refractivity contribution in [2.24, 2.45) is 5.73 Å². The number of pyridine rings is 1. The lowest BCUT2D eigenvalue weighted by Gasteiger charge is -2.48. The van der Waals surface area contributed by atoms with E-state index in [1.807, 2.05) is 12.3 Å². The molecule has 3 nitrogen and oxygen atoms in total. The predicted molar refractivity (Wildman–Crippen MR) is 89.5 cm³/mol. The van der Waals surface area contributed by atoms with E-state index in [0.29, 0.717) is 5.92 Å². The molecule has 0 amide bonds. The molecule has 1 heterocycles. The highest BCUT2D eigenvalue weighted by Crippen LogP contribution is 2.40. The summed E-state index contributed by atoms with van der Waals surface area (Å²) in [5, 5.41) is 0. The van der Waals surface area contributed by atoms with Crippen LogP contribution in [0.1, 0.15) is 64.1 Å². The first-order chi connectivity index (χ1) is 10.1. The van der Waals surface area contributed by atoms with Gasteiger partial charge in [-0.05, 0) is 50.4 Å². The summed E-state index contributed by atoms with van der Waals surface area (Å²) in [6.07, 6.45) is 6.40. The van der Waals surface area contributed by atoms with Crippen molar-refractivity contribution in [3.63, 3.8) is 0 Å². The number of nitrogens with two attached hydrogens (primary N) is 1. The average Bonchev–Trinajstić information content (AvgIpc) is 2.96. The van der Waals surface area contributed by atoms with E-state index in [1.165, 1.54) is 11.3 Å². The van der Waals surface area contributed by atoms with Crippen LogP contribution in [-0.2, 0) is 6.42 Å². The van der Waals surface area contributed by atoms with Crippen LogP contribution in [0.3, 0.4) is 0 Å². The number of nitrogens with zero attached hydrogens (tertiary/aromatic N) is 2. The van der Waals surface area contributed by atoms with Gasteiger partial charge >= 0.3 is 0 Å². The van der Waals surface area contributed by atoms with Crippen LogP contribution in [0.25, 0.3) is 0 Å². The smallest absolute Gasteiger partial charge is 0.0482 e. The molecule has 2 atom stereocenters. The number of fused-ring (bicyclic) bond motifs is 1. The zero-order valence-corrected chi connectivity index (χ0v) is 14.1. The second-order valence-electron chi connectivity index (χ2n) is 6.20. The van der Waals surface area contributed by atoms with Crippen LogP contribution >= 0.6 is 0 Å². The minimum atomic E-state index is 0.0906. The van der Waals surface area contributed by atoms with Gasteiger partial charge in [0.1, 0.15) is 0 Å². The molecule has 0 fully saturated rings. The van der Waals surface area contributed by atoms with Gasteiger partial charge < -0.3 is 5.73 Å². The minimum Gasteiger partial charge on any atom is -0.326 e. The summed E-state index contributed by atoms with van der Waals surface area (Å²) < 4.78 is 0. The van der Waals surface area contributed by atoms with Crippen LogP contribution in [0, 0.1) is 0 Å². The summed E-state index contributed by atoms with van der Waals surface area (Å²) in [6.45, 7) is 11.2. The van der Waals surface area contributed by atoms with E-state index < -0.39 is 0 Å². The first kappa shape index (κ1) is 16.4. The minimum absolute atomic E-state index is 0.0906. The molecule has 118 valence electrons. The molecule has 1 aliphatic rings. The third-order valence-corrected chi connectivity index (χ3v) is 5.67. The first-order valence-electron chi connectivity index (χ1n) is 8.58. The van der Waals surface area contributed by atoms with Gasteiger partial charge in [-0.1, -0.05) is 33.8 Å². The molecule has 0 aliphatic heterocycles. The van der Waals surface area contributed by atoms with E-state index in [0.717, 1.165) is 38.8 Å². The first-order valence-corrected chi connectivity index (χ1v) is 8.58. The molecule has 0 aromatic carbocycles. The normalized spacial score (nSPS) is 19.8. The molecule has 3 heteroatoms. The molecule has 0 saturated heterocycles. The fourth-order valence-corrected chi connectivity index (χ4v) is 4.40. The number of aromatic nitrogens is 1. The Labute approximate surface area is 129 Å². The molecule has 1 aliphatic carbocycles. The van der Waals surface area contributed by atoms with Gasteiger partial charge in [0.05, 0.1) is 0 Å². The Bertz CT molecular complexity index is 450. The lowest BCUT2D eigenvalue weighted by Crippen LogP contribution is -2.61. The Balaban J connectivity index is 2.34. The molecule has 0 spiro atoms. The maximum Gasteiger partial charge on any atom is 0.0482 e. The SMILES string of the molecule is CCN(CC)C(CC)(CC)C(N)C1CCc2cccnc21. The second kappa shape index (κ2) is 6.89. The molecular formula is C18H31N3. The molecule has 2 N–H and O–H groups in total. The number of hydrogen-bond donors (Lipinski definition) is 1. The van der Waals surface area contributed by atoms with E-state index in [9.17, 15) is 0 Å². The molecule has 2 rings (SSSR count). The summed E-state index contributed by atoms with van der Waals surface area (Å²) in [6, 6.07) is 4.42. The predicted octanol–water partition coefficient (Wildman–Crippen LogP) is 3.34. The lowest BCUT2D eigenvalue weighted by molar-refractivity contribution is 0.0530. The van der Waals surface area contributed by atoms with Gasteiger partial charge in [-0.3, -0.25) is 9.88 Å².